The van der Waals surface area contributed by atoms with Gasteiger partial charge in [-0.3, -0.25) is 4.79 Å². The van der Waals surface area contributed by atoms with Gasteiger partial charge in [-0.1, -0.05) is 41.9 Å². The third-order valence-electron chi connectivity index (χ3n) is 7.19. The molecule has 0 saturated carbocycles. The van der Waals surface area contributed by atoms with Crippen LogP contribution in [-0.2, 0) is 23.2 Å². The highest BCUT2D eigenvalue weighted by Gasteiger charge is 2.33. The monoisotopic (exact) mass is 503 g/mol. The van der Waals surface area contributed by atoms with Crippen LogP contribution in [0.5, 0.6) is 11.6 Å². The highest BCUT2D eigenvalue weighted by Crippen LogP contribution is 2.39. The molecule has 0 spiro atoms. The molecule has 1 fully saturated rings. The van der Waals surface area contributed by atoms with Crippen molar-refractivity contribution in [3.05, 3.63) is 94.1 Å². The number of likely N-dealkylation sites (tertiary alicyclic amines) is 1. The van der Waals surface area contributed by atoms with Crippen LogP contribution >= 0.6 is 11.6 Å². The molecule has 36 heavy (non-hydrogen) atoms. The number of pyridine rings is 1. The smallest absolute Gasteiger partial charge is 0.226 e. The lowest BCUT2D eigenvalue weighted by Crippen LogP contribution is -2.42. The van der Waals surface area contributed by atoms with Crippen molar-refractivity contribution in [1.82, 2.24) is 9.88 Å². The molecule has 0 radical (unpaired) electrons. The summed E-state index contributed by atoms with van der Waals surface area (Å²) in [6.45, 7) is 2.55. The van der Waals surface area contributed by atoms with E-state index in [0.29, 0.717) is 30.2 Å². The number of primary amides is 1. The van der Waals surface area contributed by atoms with Crippen molar-refractivity contribution in [2.24, 2.45) is 5.73 Å². The van der Waals surface area contributed by atoms with Crippen molar-refractivity contribution in [2.75, 3.05) is 19.6 Å². The van der Waals surface area contributed by atoms with Gasteiger partial charge in [-0.05, 0) is 66.3 Å². The summed E-state index contributed by atoms with van der Waals surface area (Å²) < 4.78 is 6.17. The van der Waals surface area contributed by atoms with E-state index in [0.717, 1.165) is 59.6 Å². The summed E-state index contributed by atoms with van der Waals surface area (Å²) in [4.78, 5) is 18.5. The Morgan fingerprint density at radius 2 is 1.92 bits per heavy atom. The van der Waals surface area contributed by atoms with Crippen LogP contribution in [0.3, 0.4) is 0 Å². The fraction of sp³-hybridized carbons (Fsp3) is 0.310. The zero-order valence-electron chi connectivity index (χ0n) is 20.1. The lowest BCUT2D eigenvalue weighted by Gasteiger charge is -2.38. The molecule has 2 aliphatic rings. The molecule has 2 aromatic carbocycles. The molecule has 1 saturated heterocycles. The fourth-order valence-electron chi connectivity index (χ4n) is 5.17. The van der Waals surface area contributed by atoms with Gasteiger partial charge in [0.25, 0.3) is 0 Å². The number of amides is 1. The number of hydrogen-bond donors (Lipinski definition) is 2. The fourth-order valence-corrected chi connectivity index (χ4v) is 5.29. The van der Waals surface area contributed by atoms with Gasteiger partial charge in [0.1, 0.15) is 5.75 Å². The maximum Gasteiger partial charge on any atom is 0.226 e. The largest absolute Gasteiger partial charge is 0.438 e. The maximum atomic E-state index is 11.7. The topological polar surface area (TPSA) is 88.7 Å². The third kappa shape index (κ3) is 5.31. The minimum atomic E-state index is -0.802. The van der Waals surface area contributed by atoms with E-state index in [9.17, 15) is 9.90 Å². The van der Waals surface area contributed by atoms with Crippen molar-refractivity contribution in [3.63, 3.8) is 0 Å². The Morgan fingerprint density at radius 3 is 2.67 bits per heavy atom. The molecular weight excluding hydrogens is 474 g/mol. The number of fused-ring (bicyclic) bond motifs is 2. The predicted octanol–water partition coefficient (Wildman–Crippen LogP) is 4.87. The van der Waals surface area contributed by atoms with E-state index in [1.807, 2.05) is 54.6 Å². The van der Waals surface area contributed by atoms with Crippen molar-refractivity contribution in [2.45, 2.75) is 37.7 Å². The Hall–Kier alpha value is -3.19. The SMILES string of the molecule is NC(=O)Cc1cccc2c1CC(=CCCN1CCC(O)(c3ccc(Cl)cc3)CC1)c1cccnc1O2. The van der Waals surface area contributed by atoms with E-state index in [1.165, 1.54) is 0 Å². The van der Waals surface area contributed by atoms with Gasteiger partial charge < -0.3 is 20.5 Å². The summed E-state index contributed by atoms with van der Waals surface area (Å²) in [5.41, 5.74) is 9.59. The predicted molar refractivity (Wildman–Crippen MR) is 141 cm³/mol. The Labute approximate surface area is 216 Å². The number of nitrogens with zero attached hydrogens (tertiary/aromatic N) is 2. The first-order chi connectivity index (χ1) is 17.4. The molecule has 1 amide bonds. The van der Waals surface area contributed by atoms with Crippen molar-refractivity contribution < 1.29 is 14.6 Å². The van der Waals surface area contributed by atoms with Gasteiger partial charge in [-0.2, -0.15) is 0 Å². The molecule has 0 aliphatic carbocycles. The van der Waals surface area contributed by atoms with E-state index < -0.39 is 5.60 Å². The van der Waals surface area contributed by atoms with Crippen LogP contribution in [0.4, 0.5) is 0 Å². The molecule has 3 aromatic rings. The molecule has 186 valence electrons. The summed E-state index contributed by atoms with van der Waals surface area (Å²) in [6, 6.07) is 17.2. The second kappa shape index (κ2) is 10.4. The molecule has 5 rings (SSSR count). The molecule has 1 aromatic heterocycles. The number of carbonyl (C=O) groups excluding carboxylic acids is 1. The number of piperidine rings is 1. The van der Waals surface area contributed by atoms with Gasteiger partial charge in [0, 0.05) is 48.4 Å². The second-order valence-corrected chi connectivity index (χ2v) is 10.0. The maximum absolute atomic E-state index is 11.7. The van der Waals surface area contributed by atoms with Crippen molar-refractivity contribution >= 4 is 23.1 Å². The first-order valence-corrected chi connectivity index (χ1v) is 12.7. The lowest BCUT2D eigenvalue weighted by molar-refractivity contribution is -0.117. The summed E-state index contributed by atoms with van der Waals surface area (Å²) in [6.07, 6.45) is 7.04. The molecule has 0 atom stereocenters. The number of hydrogen-bond acceptors (Lipinski definition) is 5. The van der Waals surface area contributed by atoms with Gasteiger partial charge >= 0.3 is 0 Å². The summed E-state index contributed by atoms with van der Waals surface area (Å²) >= 11 is 6.01. The highest BCUT2D eigenvalue weighted by molar-refractivity contribution is 6.30. The zero-order valence-corrected chi connectivity index (χ0v) is 20.9. The van der Waals surface area contributed by atoms with E-state index in [1.54, 1.807) is 6.20 Å². The van der Waals surface area contributed by atoms with E-state index >= 15 is 0 Å². The van der Waals surface area contributed by atoms with Gasteiger partial charge in [0.2, 0.25) is 11.8 Å². The quantitative estimate of drug-likeness (QED) is 0.501. The Morgan fingerprint density at radius 1 is 1.14 bits per heavy atom. The van der Waals surface area contributed by atoms with Crippen LogP contribution in [0.1, 0.15) is 41.5 Å². The zero-order chi connectivity index (χ0) is 25.1. The number of aliphatic hydroxyl groups is 1. The van der Waals surface area contributed by atoms with Gasteiger partial charge in [-0.15, -0.1) is 0 Å². The highest BCUT2D eigenvalue weighted by atomic mass is 35.5. The summed E-state index contributed by atoms with van der Waals surface area (Å²) in [5, 5.41) is 11.8. The average Bonchev–Trinajstić information content (AvgIpc) is 3.03. The number of aromatic nitrogens is 1. The number of benzene rings is 2. The van der Waals surface area contributed by atoms with Crippen LogP contribution in [0.25, 0.3) is 5.57 Å². The van der Waals surface area contributed by atoms with Gasteiger partial charge in [-0.25, -0.2) is 4.98 Å². The molecular formula is C29H30ClN3O3. The van der Waals surface area contributed by atoms with Crippen LogP contribution < -0.4 is 10.5 Å². The number of ether oxygens (including phenoxy) is 1. The van der Waals surface area contributed by atoms with Crippen LogP contribution in [0, 0.1) is 0 Å². The molecule has 6 nitrogen and oxygen atoms in total. The number of rotatable bonds is 6. The first-order valence-electron chi connectivity index (χ1n) is 12.3. The number of allylic oxidation sites excluding steroid dienone is 1. The minimum absolute atomic E-state index is 0.174. The number of halogens is 1. The van der Waals surface area contributed by atoms with Gasteiger partial charge in [0.15, 0.2) is 0 Å². The molecule has 0 unspecified atom stereocenters. The summed E-state index contributed by atoms with van der Waals surface area (Å²) in [5.74, 6) is 0.928. The second-order valence-electron chi connectivity index (χ2n) is 9.57. The van der Waals surface area contributed by atoms with Crippen molar-refractivity contribution in [3.8, 4) is 11.6 Å². The Kier molecular flexibility index (Phi) is 7.10. The molecule has 7 heteroatoms. The van der Waals surface area contributed by atoms with E-state index in [2.05, 4.69) is 16.0 Å². The van der Waals surface area contributed by atoms with E-state index in [4.69, 9.17) is 22.1 Å². The van der Waals surface area contributed by atoms with Gasteiger partial charge in [0.05, 0.1) is 12.0 Å². The molecule has 2 aliphatic heterocycles. The molecule has 3 N–H and O–H groups in total. The minimum Gasteiger partial charge on any atom is -0.438 e. The van der Waals surface area contributed by atoms with Crippen LogP contribution in [0.15, 0.2) is 66.9 Å². The standard InChI is InChI=1S/C29H30ClN3O3/c30-23-10-8-22(9-11-23)29(35)12-16-33(17-13-29)15-3-5-20-18-25-21(19-27(31)34)4-1-7-26(25)36-28-24(20)6-2-14-32-28/h1-2,4-11,14,35H,3,12-13,15-19H2,(H2,31,34). The first kappa shape index (κ1) is 24.5. The average molecular weight is 504 g/mol. The molecule has 3 heterocycles. The van der Waals surface area contributed by atoms with Crippen LogP contribution in [-0.4, -0.2) is 40.5 Å². The third-order valence-corrected chi connectivity index (χ3v) is 7.44. The number of carbonyl (C=O) groups is 1. The lowest BCUT2D eigenvalue weighted by atomic mass is 9.84. The van der Waals surface area contributed by atoms with Crippen LogP contribution in [0.2, 0.25) is 5.02 Å². The molecule has 0 bridgehead atoms. The van der Waals surface area contributed by atoms with Crippen molar-refractivity contribution in [1.29, 1.82) is 0 Å². The summed E-state index contributed by atoms with van der Waals surface area (Å²) in [7, 11) is 0. The van der Waals surface area contributed by atoms with E-state index in [-0.39, 0.29) is 12.3 Å². The Balaban J connectivity index is 1.30. The Bertz CT molecular complexity index is 1280. The normalized spacial score (nSPS) is 18.1. The number of nitrogens with two attached hydrogens (primary N) is 1.